The van der Waals surface area contributed by atoms with E-state index in [9.17, 15) is 14.4 Å². The molecule has 3 rings (SSSR count). The number of hydrazine groups is 1. The van der Waals surface area contributed by atoms with Crippen LogP contribution in [0.3, 0.4) is 0 Å². The van der Waals surface area contributed by atoms with Gasteiger partial charge < -0.3 is 10.6 Å². The second kappa shape index (κ2) is 8.12. The van der Waals surface area contributed by atoms with Crippen molar-refractivity contribution in [2.45, 2.75) is 31.7 Å². The Morgan fingerprint density at radius 2 is 1.92 bits per heavy atom. The highest BCUT2D eigenvalue weighted by molar-refractivity contribution is 6.01. The van der Waals surface area contributed by atoms with Gasteiger partial charge in [0.15, 0.2) is 0 Å². The number of carbonyl (C=O) groups is 3. The largest absolute Gasteiger partial charge is 0.348 e. The maximum Gasteiger partial charge on any atom is 0.251 e. The van der Waals surface area contributed by atoms with Crippen LogP contribution in [0.5, 0.6) is 0 Å². The van der Waals surface area contributed by atoms with Crippen LogP contribution in [-0.2, 0) is 9.59 Å². The van der Waals surface area contributed by atoms with Gasteiger partial charge in [-0.3, -0.25) is 19.8 Å². The molecule has 2 heterocycles. The van der Waals surface area contributed by atoms with Crippen molar-refractivity contribution in [1.82, 2.24) is 16.1 Å². The van der Waals surface area contributed by atoms with Crippen LogP contribution < -0.4 is 21.1 Å². The van der Waals surface area contributed by atoms with Gasteiger partial charge in [-0.2, -0.15) is 0 Å². The Balaban J connectivity index is 0.00000208. The number of nitrogens with one attached hydrogen (secondary N) is 3. The van der Waals surface area contributed by atoms with Gasteiger partial charge in [0.25, 0.3) is 5.91 Å². The number of amides is 3. The van der Waals surface area contributed by atoms with Gasteiger partial charge in [0, 0.05) is 31.0 Å². The zero-order chi connectivity index (χ0) is 16.2. The summed E-state index contributed by atoms with van der Waals surface area (Å²) in [5, 5.41) is 7.49. The third-order valence-corrected chi connectivity index (χ3v) is 4.07. The molecule has 0 bridgehead atoms. The van der Waals surface area contributed by atoms with Gasteiger partial charge in [0.1, 0.15) is 0 Å². The fraction of sp³-hybridized carbons (Fsp3) is 0.438. The van der Waals surface area contributed by atoms with E-state index in [-0.39, 0.29) is 49.0 Å². The van der Waals surface area contributed by atoms with Gasteiger partial charge in [-0.1, -0.05) is 0 Å². The van der Waals surface area contributed by atoms with Crippen molar-refractivity contribution < 1.29 is 14.4 Å². The average Bonchev–Trinajstić information content (AvgIpc) is 2.58. The molecule has 7 nitrogen and oxygen atoms in total. The summed E-state index contributed by atoms with van der Waals surface area (Å²) in [6.07, 6.45) is 2.44. The number of carbonyl (C=O) groups excluding carboxylic acids is 3. The third kappa shape index (κ3) is 4.24. The first-order chi connectivity index (χ1) is 11.1. The Kier molecular flexibility index (Phi) is 6.16. The Morgan fingerprint density at radius 3 is 2.58 bits per heavy atom. The minimum absolute atomic E-state index is 0. The van der Waals surface area contributed by atoms with Crippen LogP contribution in [0.15, 0.2) is 24.3 Å². The highest BCUT2D eigenvalue weighted by Gasteiger charge is 2.24. The van der Waals surface area contributed by atoms with Crippen molar-refractivity contribution in [1.29, 1.82) is 0 Å². The summed E-state index contributed by atoms with van der Waals surface area (Å²) in [6.45, 7) is 1.79. The molecule has 24 heavy (non-hydrogen) atoms. The van der Waals surface area contributed by atoms with Crippen LogP contribution in [0.25, 0.3) is 0 Å². The van der Waals surface area contributed by atoms with E-state index < -0.39 is 0 Å². The highest BCUT2D eigenvalue weighted by atomic mass is 35.5. The van der Waals surface area contributed by atoms with Crippen LogP contribution in [0.1, 0.15) is 36.0 Å². The van der Waals surface area contributed by atoms with Crippen molar-refractivity contribution in [3.63, 3.8) is 0 Å². The average molecular weight is 353 g/mol. The molecule has 2 aliphatic heterocycles. The molecule has 0 aromatic heterocycles. The molecule has 2 fully saturated rings. The van der Waals surface area contributed by atoms with Crippen LogP contribution in [0.4, 0.5) is 5.69 Å². The van der Waals surface area contributed by atoms with Crippen molar-refractivity contribution in [3.8, 4) is 0 Å². The monoisotopic (exact) mass is 352 g/mol. The van der Waals surface area contributed by atoms with Crippen LogP contribution >= 0.6 is 12.4 Å². The smallest absolute Gasteiger partial charge is 0.251 e. The van der Waals surface area contributed by atoms with Crippen molar-refractivity contribution in [3.05, 3.63) is 29.8 Å². The second-order valence-electron chi connectivity index (χ2n) is 5.83. The van der Waals surface area contributed by atoms with E-state index in [1.807, 2.05) is 0 Å². The van der Waals surface area contributed by atoms with E-state index in [0.717, 1.165) is 25.9 Å². The zero-order valence-electron chi connectivity index (χ0n) is 13.2. The molecule has 2 saturated heterocycles. The fourth-order valence-corrected chi connectivity index (χ4v) is 2.79. The SMILES string of the molecule is Cl.O=C1CCC(=O)N(c2ccc(C(=O)N[C@H]3CCCNC3)cc2)N1. The van der Waals surface area contributed by atoms with Gasteiger partial charge in [0.05, 0.1) is 5.69 Å². The standard InChI is InChI=1S/C16H20N4O3.ClH/c21-14-7-8-15(22)20(19-14)13-5-3-11(4-6-13)16(23)18-12-2-1-9-17-10-12;/h3-6,12,17H,1-2,7-10H2,(H,18,23)(H,19,21);1H/t12-;/m0./s1. The Hall–Kier alpha value is -2.12. The molecule has 0 radical (unpaired) electrons. The molecule has 1 atom stereocenters. The predicted molar refractivity (Wildman–Crippen MR) is 91.9 cm³/mol. The fourth-order valence-electron chi connectivity index (χ4n) is 2.79. The van der Waals surface area contributed by atoms with Crippen LogP contribution in [0, 0.1) is 0 Å². The number of rotatable bonds is 3. The lowest BCUT2D eigenvalue weighted by atomic mass is 10.1. The zero-order valence-corrected chi connectivity index (χ0v) is 14.0. The lowest BCUT2D eigenvalue weighted by Gasteiger charge is -2.27. The van der Waals surface area contributed by atoms with Gasteiger partial charge in [0.2, 0.25) is 11.8 Å². The number of hydrogen-bond acceptors (Lipinski definition) is 4. The second-order valence-corrected chi connectivity index (χ2v) is 5.83. The first-order valence-electron chi connectivity index (χ1n) is 7.87. The quantitative estimate of drug-likeness (QED) is 0.748. The van der Waals surface area contributed by atoms with E-state index in [1.165, 1.54) is 5.01 Å². The van der Waals surface area contributed by atoms with Gasteiger partial charge in [-0.15, -0.1) is 12.4 Å². The summed E-state index contributed by atoms with van der Waals surface area (Å²) in [5.74, 6) is -0.467. The molecule has 0 saturated carbocycles. The first-order valence-corrected chi connectivity index (χ1v) is 7.87. The predicted octanol–water partition coefficient (Wildman–Crippen LogP) is 0.748. The molecular weight excluding hydrogens is 332 g/mol. The Morgan fingerprint density at radius 1 is 1.17 bits per heavy atom. The molecule has 0 unspecified atom stereocenters. The van der Waals surface area contributed by atoms with E-state index >= 15 is 0 Å². The number of nitrogens with zero attached hydrogens (tertiary/aromatic N) is 1. The molecule has 2 aliphatic rings. The first kappa shape index (κ1) is 18.2. The highest BCUT2D eigenvalue weighted by Crippen LogP contribution is 2.18. The molecule has 3 N–H and O–H groups in total. The van der Waals surface area contributed by atoms with Crippen molar-refractivity contribution in [2.75, 3.05) is 18.1 Å². The summed E-state index contributed by atoms with van der Waals surface area (Å²) < 4.78 is 0. The molecule has 0 aliphatic carbocycles. The maximum absolute atomic E-state index is 12.2. The van der Waals surface area contributed by atoms with Gasteiger partial charge in [-0.05, 0) is 43.7 Å². The van der Waals surface area contributed by atoms with Crippen molar-refractivity contribution in [2.24, 2.45) is 0 Å². The Bertz CT molecular complexity index is 614. The molecule has 1 aromatic rings. The summed E-state index contributed by atoms with van der Waals surface area (Å²) in [4.78, 5) is 35.5. The van der Waals surface area contributed by atoms with E-state index in [0.29, 0.717) is 11.3 Å². The minimum Gasteiger partial charge on any atom is -0.348 e. The van der Waals surface area contributed by atoms with Crippen LogP contribution in [-0.4, -0.2) is 36.9 Å². The molecule has 3 amide bonds. The molecule has 0 spiro atoms. The number of hydrogen-bond donors (Lipinski definition) is 3. The molecule has 130 valence electrons. The lowest BCUT2D eigenvalue weighted by molar-refractivity contribution is -0.130. The normalized spacial score (nSPS) is 20.8. The number of piperidine rings is 1. The summed E-state index contributed by atoms with van der Waals surface area (Å²) in [5.41, 5.74) is 3.62. The van der Waals surface area contributed by atoms with Gasteiger partial charge in [-0.25, -0.2) is 5.01 Å². The van der Waals surface area contributed by atoms with E-state index in [2.05, 4.69) is 16.1 Å². The van der Waals surface area contributed by atoms with Crippen LogP contribution in [0.2, 0.25) is 0 Å². The number of anilines is 1. The number of halogens is 1. The minimum atomic E-state index is -0.184. The van der Waals surface area contributed by atoms with Gasteiger partial charge >= 0.3 is 0 Å². The molecule has 8 heteroatoms. The molecular formula is C16H21ClN4O3. The van der Waals surface area contributed by atoms with E-state index in [1.54, 1.807) is 24.3 Å². The number of benzene rings is 1. The summed E-state index contributed by atoms with van der Waals surface area (Å²) >= 11 is 0. The maximum atomic E-state index is 12.2. The van der Waals surface area contributed by atoms with Crippen molar-refractivity contribution >= 4 is 35.8 Å². The Labute approximate surface area is 146 Å². The third-order valence-electron chi connectivity index (χ3n) is 4.07. The molecule has 1 aromatic carbocycles. The van der Waals surface area contributed by atoms with E-state index in [4.69, 9.17) is 0 Å². The topological polar surface area (TPSA) is 90.5 Å². The summed E-state index contributed by atoms with van der Waals surface area (Å²) in [7, 11) is 0. The summed E-state index contributed by atoms with van der Waals surface area (Å²) in [6, 6.07) is 6.80. The lowest BCUT2D eigenvalue weighted by Crippen LogP contribution is -2.50.